The Morgan fingerprint density at radius 2 is 1.42 bits per heavy atom. The minimum absolute atomic E-state index is 0.0207. The van der Waals surface area contributed by atoms with E-state index in [1.54, 1.807) is 6.07 Å². The van der Waals surface area contributed by atoms with Crippen LogP contribution in [0, 0.1) is 35.0 Å². The SMILES string of the molecule is C=CCCC1CCC(CCc2ccc(-c3ccc(-c4ccc(CCC)cc4F)c(F)c3F)c(F)c2F)OC1. The molecular weight excluding hydrogens is 495 g/mol. The van der Waals surface area contributed by atoms with Crippen LogP contribution >= 0.6 is 0 Å². The second-order valence-corrected chi connectivity index (χ2v) is 10.1. The van der Waals surface area contributed by atoms with Crippen LogP contribution in [0.15, 0.2) is 55.1 Å². The number of rotatable bonds is 10. The molecule has 0 bridgehead atoms. The molecule has 2 atom stereocenters. The molecule has 1 saturated heterocycles. The predicted molar refractivity (Wildman–Crippen MR) is 141 cm³/mol. The van der Waals surface area contributed by atoms with Crippen molar-refractivity contribution in [3.63, 3.8) is 0 Å². The van der Waals surface area contributed by atoms with Crippen molar-refractivity contribution in [1.82, 2.24) is 0 Å². The maximum Gasteiger partial charge on any atom is 0.167 e. The van der Waals surface area contributed by atoms with Crippen LogP contribution in [0.4, 0.5) is 22.0 Å². The molecule has 3 aromatic carbocycles. The molecule has 0 N–H and O–H groups in total. The zero-order chi connectivity index (χ0) is 27.2. The normalized spacial score (nSPS) is 17.5. The molecule has 3 aromatic rings. The van der Waals surface area contributed by atoms with Gasteiger partial charge in [-0.15, -0.1) is 6.58 Å². The standard InChI is InChI=1S/C32H33F5O/c1-3-5-7-21-8-12-23(38-19-21)13-10-22-11-15-26(30(35)29(22)34)27-17-16-25(31(36)32(27)37)24-14-9-20(6-4-2)18-28(24)33/h3,9,11,14-18,21,23H,1,4-8,10,12-13,19H2,2H3. The highest BCUT2D eigenvalue weighted by Gasteiger charge is 2.24. The summed E-state index contributed by atoms with van der Waals surface area (Å²) in [6.07, 6.45) is 8.06. The second kappa shape index (κ2) is 12.7. The Morgan fingerprint density at radius 3 is 2.03 bits per heavy atom. The summed E-state index contributed by atoms with van der Waals surface area (Å²) in [7, 11) is 0. The van der Waals surface area contributed by atoms with Crippen molar-refractivity contribution in [2.24, 2.45) is 5.92 Å². The van der Waals surface area contributed by atoms with Crippen LogP contribution in [0.5, 0.6) is 0 Å². The topological polar surface area (TPSA) is 9.23 Å². The van der Waals surface area contributed by atoms with Gasteiger partial charge in [-0.25, -0.2) is 22.0 Å². The zero-order valence-corrected chi connectivity index (χ0v) is 21.6. The molecule has 1 aliphatic heterocycles. The van der Waals surface area contributed by atoms with Crippen molar-refractivity contribution < 1.29 is 26.7 Å². The van der Waals surface area contributed by atoms with E-state index in [2.05, 4.69) is 6.58 Å². The third-order valence-electron chi connectivity index (χ3n) is 7.38. The lowest BCUT2D eigenvalue weighted by Gasteiger charge is -2.29. The van der Waals surface area contributed by atoms with Crippen LogP contribution < -0.4 is 0 Å². The van der Waals surface area contributed by atoms with Gasteiger partial charge in [0.2, 0.25) is 0 Å². The lowest BCUT2D eigenvalue weighted by atomic mass is 9.91. The van der Waals surface area contributed by atoms with E-state index in [1.807, 2.05) is 13.0 Å². The lowest BCUT2D eigenvalue weighted by Crippen LogP contribution is -2.26. The van der Waals surface area contributed by atoms with E-state index < -0.39 is 34.6 Å². The third-order valence-corrected chi connectivity index (χ3v) is 7.38. The van der Waals surface area contributed by atoms with E-state index in [1.165, 1.54) is 30.3 Å². The Bertz CT molecular complexity index is 1280. The largest absolute Gasteiger partial charge is 0.378 e. The number of allylic oxidation sites excluding steroid dienone is 1. The van der Waals surface area contributed by atoms with Crippen molar-refractivity contribution in [2.75, 3.05) is 6.61 Å². The molecule has 0 saturated carbocycles. The summed E-state index contributed by atoms with van der Waals surface area (Å²) in [4.78, 5) is 0. The number of hydrogen-bond donors (Lipinski definition) is 0. The monoisotopic (exact) mass is 528 g/mol. The van der Waals surface area contributed by atoms with Crippen LogP contribution in [-0.2, 0) is 17.6 Å². The van der Waals surface area contributed by atoms with Gasteiger partial charge in [0.15, 0.2) is 23.3 Å². The molecule has 0 amide bonds. The smallest absolute Gasteiger partial charge is 0.167 e. The van der Waals surface area contributed by atoms with E-state index in [0.29, 0.717) is 25.4 Å². The Morgan fingerprint density at radius 1 is 0.789 bits per heavy atom. The first-order chi connectivity index (χ1) is 18.3. The van der Waals surface area contributed by atoms with Gasteiger partial charge in [-0.2, -0.15) is 0 Å². The van der Waals surface area contributed by atoms with Crippen molar-refractivity contribution in [1.29, 1.82) is 0 Å². The number of hydrogen-bond acceptors (Lipinski definition) is 1. The molecular formula is C32H33F5O. The van der Waals surface area contributed by atoms with E-state index >= 15 is 13.2 Å². The summed E-state index contributed by atoms with van der Waals surface area (Å²) in [5, 5.41) is 0. The zero-order valence-electron chi connectivity index (χ0n) is 21.6. The van der Waals surface area contributed by atoms with Gasteiger partial charge in [0.1, 0.15) is 5.82 Å². The van der Waals surface area contributed by atoms with Crippen LogP contribution in [0.25, 0.3) is 22.3 Å². The minimum Gasteiger partial charge on any atom is -0.378 e. The molecule has 202 valence electrons. The van der Waals surface area contributed by atoms with Crippen LogP contribution in [0.3, 0.4) is 0 Å². The van der Waals surface area contributed by atoms with Gasteiger partial charge in [-0.3, -0.25) is 0 Å². The van der Waals surface area contributed by atoms with Crippen molar-refractivity contribution >= 4 is 0 Å². The molecule has 38 heavy (non-hydrogen) atoms. The summed E-state index contributed by atoms with van der Waals surface area (Å²) in [5.74, 6) is -5.16. The molecule has 0 aliphatic carbocycles. The van der Waals surface area contributed by atoms with E-state index in [-0.39, 0.29) is 34.8 Å². The first-order valence-electron chi connectivity index (χ1n) is 13.3. The van der Waals surface area contributed by atoms with E-state index in [9.17, 15) is 8.78 Å². The van der Waals surface area contributed by atoms with Crippen molar-refractivity contribution in [3.8, 4) is 22.3 Å². The minimum atomic E-state index is -1.35. The van der Waals surface area contributed by atoms with Crippen LogP contribution in [0.2, 0.25) is 0 Å². The maximum atomic E-state index is 15.1. The Balaban J connectivity index is 1.49. The molecule has 0 spiro atoms. The number of benzene rings is 3. The van der Waals surface area contributed by atoms with Gasteiger partial charge in [0.25, 0.3) is 0 Å². The molecule has 6 heteroatoms. The van der Waals surface area contributed by atoms with Gasteiger partial charge >= 0.3 is 0 Å². The number of aryl methyl sites for hydroxylation is 2. The van der Waals surface area contributed by atoms with Crippen molar-refractivity contribution in [2.45, 2.75) is 64.4 Å². The molecule has 1 aliphatic rings. The first-order valence-corrected chi connectivity index (χ1v) is 13.3. The number of ether oxygens (including phenoxy) is 1. The predicted octanol–water partition coefficient (Wildman–Crippen LogP) is 9.36. The Kier molecular flexibility index (Phi) is 9.37. The van der Waals surface area contributed by atoms with Gasteiger partial charge in [0.05, 0.1) is 6.10 Å². The Labute approximate surface area is 221 Å². The molecule has 1 nitrogen and oxygen atoms in total. The van der Waals surface area contributed by atoms with E-state index in [0.717, 1.165) is 43.7 Å². The average Bonchev–Trinajstić information content (AvgIpc) is 2.91. The van der Waals surface area contributed by atoms with Crippen LogP contribution in [-0.4, -0.2) is 12.7 Å². The lowest BCUT2D eigenvalue weighted by molar-refractivity contribution is -0.0212. The fourth-order valence-electron chi connectivity index (χ4n) is 5.16. The van der Waals surface area contributed by atoms with Crippen molar-refractivity contribution in [3.05, 3.63) is 95.3 Å². The molecule has 0 radical (unpaired) electrons. The van der Waals surface area contributed by atoms with E-state index in [4.69, 9.17) is 4.74 Å². The highest BCUT2D eigenvalue weighted by molar-refractivity contribution is 5.72. The summed E-state index contributed by atoms with van der Waals surface area (Å²) in [6.45, 7) is 6.35. The summed E-state index contributed by atoms with van der Waals surface area (Å²) in [5.41, 5.74) is -0.248. The highest BCUT2D eigenvalue weighted by atomic mass is 19.2. The number of halogens is 5. The molecule has 0 aromatic heterocycles. The summed E-state index contributed by atoms with van der Waals surface area (Å²) >= 11 is 0. The fourth-order valence-corrected chi connectivity index (χ4v) is 5.16. The average molecular weight is 529 g/mol. The Hall–Kier alpha value is -2.99. The summed E-state index contributed by atoms with van der Waals surface area (Å²) < 4.78 is 80.6. The quantitative estimate of drug-likeness (QED) is 0.188. The molecule has 1 heterocycles. The van der Waals surface area contributed by atoms with Gasteiger partial charge in [-0.05, 0) is 68.1 Å². The maximum absolute atomic E-state index is 15.1. The third kappa shape index (κ3) is 6.17. The first kappa shape index (κ1) is 28.0. The van der Waals surface area contributed by atoms with Gasteiger partial charge < -0.3 is 4.74 Å². The molecule has 1 fully saturated rings. The molecule has 2 unspecified atom stereocenters. The fraction of sp³-hybridized carbons (Fsp3) is 0.375. The van der Waals surface area contributed by atoms with Crippen LogP contribution in [0.1, 0.15) is 56.6 Å². The second-order valence-electron chi connectivity index (χ2n) is 10.1. The highest BCUT2D eigenvalue weighted by Crippen LogP contribution is 2.35. The van der Waals surface area contributed by atoms with Gasteiger partial charge in [-0.1, -0.05) is 55.8 Å². The van der Waals surface area contributed by atoms with Gasteiger partial charge in [0, 0.05) is 28.9 Å². The molecule has 4 rings (SSSR count). The summed E-state index contributed by atoms with van der Waals surface area (Å²) in [6, 6.07) is 9.39.